The van der Waals surface area contributed by atoms with Crippen molar-refractivity contribution < 1.29 is 22.8 Å². The summed E-state index contributed by atoms with van der Waals surface area (Å²) < 4.78 is 38.3. The third-order valence-electron chi connectivity index (χ3n) is 4.07. The summed E-state index contributed by atoms with van der Waals surface area (Å²) in [6, 6.07) is 2.81. The lowest BCUT2D eigenvalue weighted by Crippen LogP contribution is -2.41. The van der Waals surface area contributed by atoms with Crippen LogP contribution in [0.25, 0.3) is 0 Å². The summed E-state index contributed by atoms with van der Waals surface area (Å²) in [5.74, 6) is -0.689. The minimum atomic E-state index is -4.50. The van der Waals surface area contributed by atoms with Crippen LogP contribution in [-0.2, 0) is 15.8 Å². The summed E-state index contributed by atoms with van der Waals surface area (Å²) >= 11 is 5.88. The van der Waals surface area contributed by atoms with Crippen LogP contribution in [-0.4, -0.2) is 29.8 Å². The Kier molecular flexibility index (Phi) is 5.74. The zero-order valence-electron chi connectivity index (χ0n) is 13.1. The molecule has 1 fully saturated rings. The van der Waals surface area contributed by atoms with Crippen molar-refractivity contribution in [2.75, 3.05) is 18.4 Å². The summed E-state index contributed by atoms with van der Waals surface area (Å²) in [6.45, 7) is 2.72. The van der Waals surface area contributed by atoms with Gasteiger partial charge in [-0.15, -0.1) is 0 Å². The molecule has 24 heavy (non-hydrogen) atoms. The van der Waals surface area contributed by atoms with Crippen LogP contribution < -0.4 is 5.32 Å². The maximum Gasteiger partial charge on any atom is 0.416 e. The summed E-state index contributed by atoms with van der Waals surface area (Å²) in [7, 11) is 0. The maximum absolute atomic E-state index is 12.8. The fraction of sp³-hybridized carbons (Fsp3) is 0.500. The first-order valence-corrected chi connectivity index (χ1v) is 8.05. The van der Waals surface area contributed by atoms with E-state index in [0.29, 0.717) is 32.4 Å². The number of piperidine rings is 1. The lowest BCUT2D eigenvalue weighted by Gasteiger charge is -2.31. The number of halogens is 4. The van der Waals surface area contributed by atoms with E-state index >= 15 is 0 Å². The molecule has 4 nitrogen and oxygen atoms in total. The van der Waals surface area contributed by atoms with Crippen molar-refractivity contribution in [3.05, 3.63) is 28.8 Å². The predicted octanol–water partition coefficient (Wildman–Crippen LogP) is 3.95. The van der Waals surface area contributed by atoms with Crippen LogP contribution in [0.2, 0.25) is 5.02 Å². The van der Waals surface area contributed by atoms with E-state index in [1.54, 1.807) is 11.8 Å². The number of anilines is 1. The number of alkyl halides is 3. The fourth-order valence-corrected chi connectivity index (χ4v) is 2.81. The van der Waals surface area contributed by atoms with Gasteiger partial charge in [0.1, 0.15) is 0 Å². The lowest BCUT2D eigenvalue weighted by molar-refractivity contribution is -0.137. The lowest BCUT2D eigenvalue weighted by atomic mass is 9.95. The van der Waals surface area contributed by atoms with Crippen LogP contribution in [0.4, 0.5) is 18.9 Å². The molecule has 0 unspecified atom stereocenters. The number of nitrogens with zero attached hydrogens (tertiary/aromatic N) is 1. The summed E-state index contributed by atoms with van der Waals surface area (Å²) in [4.78, 5) is 25.6. The SMILES string of the molecule is CCC(=O)N1CCC(C(=O)Nc2cc(C(F)(F)F)ccc2Cl)CC1. The Morgan fingerprint density at radius 3 is 2.46 bits per heavy atom. The number of hydrogen-bond donors (Lipinski definition) is 1. The summed E-state index contributed by atoms with van der Waals surface area (Å²) in [5, 5.41) is 2.53. The van der Waals surface area contributed by atoms with Gasteiger partial charge in [0.15, 0.2) is 0 Å². The van der Waals surface area contributed by atoms with Gasteiger partial charge in [-0.1, -0.05) is 18.5 Å². The van der Waals surface area contributed by atoms with Gasteiger partial charge in [-0.05, 0) is 31.0 Å². The highest BCUT2D eigenvalue weighted by atomic mass is 35.5. The third-order valence-corrected chi connectivity index (χ3v) is 4.40. The quantitative estimate of drug-likeness (QED) is 0.885. The van der Waals surface area contributed by atoms with Crippen molar-refractivity contribution in [2.24, 2.45) is 5.92 Å². The Labute approximate surface area is 143 Å². The molecule has 1 heterocycles. The van der Waals surface area contributed by atoms with Crippen LogP contribution >= 0.6 is 11.6 Å². The van der Waals surface area contributed by atoms with Gasteiger partial charge in [0.2, 0.25) is 11.8 Å². The largest absolute Gasteiger partial charge is 0.416 e. The van der Waals surface area contributed by atoms with E-state index in [1.165, 1.54) is 0 Å². The number of benzene rings is 1. The van der Waals surface area contributed by atoms with E-state index in [-0.39, 0.29) is 28.4 Å². The second-order valence-corrected chi connectivity index (χ2v) is 6.10. The summed E-state index contributed by atoms with van der Waals surface area (Å²) in [6.07, 6.45) is -3.13. The standard InChI is InChI=1S/C16H18ClF3N2O2/c1-2-14(23)22-7-5-10(6-8-22)15(24)21-13-9-11(16(18,19)20)3-4-12(13)17/h3-4,9-10H,2,5-8H2,1H3,(H,21,24). The molecule has 132 valence electrons. The molecule has 0 bridgehead atoms. The van der Waals surface area contributed by atoms with Gasteiger partial charge in [0.05, 0.1) is 16.3 Å². The number of nitrogens with one attached hydrogen (secondary N) is 1. The van der Waals surface area contributed by atoms with E-state index in [2.05, 4.69) is 5.32 Å². The maximum atomic E-state index is 12.8. The molecule has 1 aliphatic heterocycles. The van der Waals surface area contributed by atoms with Gasteiger partial charge in [0.25, 0.3) is 0 Å². The van der Waals surface area contributed by atoms with Crippen molar-refractivity contribution in [1.82, 2.24) is 4.90 Å². The molecule has 0 aromatic heterocycles. The molecule has 8 heteroatoms. The molecule has 1 aromatic carbocycles. The van der Waals surface area contributed by atoms with E-state index in [1.807, 2.05) is 0 Å². The van der Waals surface area contributed by atoms with Crippen molar-refractivity contribution in [1.29, 1.82) is 0 Å². The number of amides is 2. The molecule has 0 radical (unpaired) electrons. The molecule has 1 saturated heterocycles. The second kappa shape index (κ2) is 7.42. The Balaban J connectivity index is 2.02. The van der Waals surface area contributed by atoms with Crippen LogP contribution in [0.3, 0.4) is 0 Å². The third kappa shape index (κ3) is 4.41. The average molecular weight is 363 g/mol. The minimum Gasteiger partial charge on any atom is -0.343 e. The highest BCUT2D eigenvalue weighted by Crippen LogP contribution is 2.34. The molecule has 0 atom stereocenters. The van der Waals surface area contributed by atoms with E-state index < -0.39 is 11.7 Å². The van der Waals surface area contributed by atoms with Gasteiger partial charge >= 0.3 is 6.18 Å². The van der Waals surface area contributed by atoms with Gasteiger partial charge in [-0.3, -0.25) is 9.59 Å². The van der Waals surface area contributed by atoms with E-state index in [0.717, 1.165) is 18.2 Å². The Bertz CT molecular complexity index is 626. The van der Waals surface area contributed by atoms with Gasteiger partial charge in [-0.25, -0.2) is 0 Å². The summed E-state index contributed by atoms with van der Waals surface area (Å²) in [5.41, 5.74) is -0.922. The Morgan fingerprint density at radius 2 is 1.92 bits per heavy atom. The number of carbonyl (C=O) groups excluding carboxylic acids is 2. The van der Waals surface area contributed by atoms with Crippen LogP contribution in [0.15, 0.2) is 18.2 Å². The predicted molar refractivity (Wildman–Crippen MR) is 84.7 cm³/mol. The van der Waals surface area contributed by atoms with Crippen LogP contribution in [0.1, 0.15) is 31.7 Å². The smallest absolute Gasteiger partial charge is 0.343 e. The molecule has 2 rings (SSSR count). The number of likely N-dealkylation sites (tertiary alicyclic amines) is 1. The molecule has 1 aliphatic rings. The molecule has 1 N–H and O–H groups in total. The molecule has 0 spiro atoms. The fourth-order valence-electron chi connectivity index (χ4n) is 2.65. The van der Waals surface area contributed by atoms with E-state index in [4.69, 9.17) is 11.6 Å². The van der Waals surface area contributed by atoms with Gasteiger partial charge in [0, 0.05) is 25.4 Å². The zero-order chi connectivity index (χ0) is 17.9. The van der Waals surface area contributed by atoms with E-state index in [9.17, 15) is 22.8 Å². The Morgan fingerprint density at radius 1 is 1.29 bits per heavy atom. The highest BCUT2D eigenvalue weighted by Gasteiger charge is 2.32. The zero-order valence-corrected chi connectivity index (χ0v) is 13.9. The molecule has 1 aromatic rings. The van der Waals surface area contributed by atoms with Crippen molar-refractivity contribution in [3.63, 3.8) is 0 Å². The molecule has 0 saturated carbocycles. The number of hydrogen-bond acceptors (Lipinski definition) is 2. The normalized spacial score (nSPS) is 16.1. The molecular weight excluding hydrogens is 345 g/mol. The van der Waals surface area contributed by atoms with Crippen molar-refractivity contribution in [2.45, 2.75) is 32.4 Å². The first-order chi connectivity index (χ1) is 11.2. The highest BCUT2D eigenvalue weighted by molar-refractivity contribution is 6.33. The Hall–Kier alpha value is -1.76. The first kappa shape index (κ1) is 18.6. The first-order valence-electron chi connectivity index (χ1n) is 7.67. The monoisotopic (exact) mass is 362 g/mol. The van der Waals surface area contributed by atoms with Crippen LogP contribution in [0.5, 0.6) is 0 Å². The number of carbonyl (C=O) groups is 2. The molecule has 2 amide bonds. The van der Waals surface area contributed by atoms with Gasteiger partial charge in [-0.2, -0.15) is 13.2 Å². The number of rotatable bonds is 3. The second-order valence-electron chi connectivity index (χ2n) is 5.69. The topological polar surface area (TPSA) is 49.4 Å². The van der Waals surface area contributed by atoms with Crippen molar-refractivity contribution in [3.8, 4) is 0 Å². The van der Waals surface area contributed by atoms with Gasteiger partial charge < -0.3 is 10.2 Å². The minimum absolute atomic E-state index is 0.0368. The molecule has 0 aliphatic carbocycles. The van der Waals surface area contributed by atoms with Crippen LogP contribution in [0, 0.1) is 5.92 Å². The van der Waals surface area contributed by atoms with Crippen molar-refractivity contribution >= 4 is 29.1 Å². The molecular formula is C16H18ClF3N2O2. The average Bonchev–Trinajstić information content (AvgIpc) is 2.55.